The fourth-order valence-corrected chi connectivity index (χ4v) is 3.52. The molecule has 0 aliphatic heterocycles. The first kappa shape index (κ1) is 14.9. The number of benzene rings is 1. The van der Waals surface area contributed by atoms with Crippen LogP contribution in [0.3, 0.4) is 0 Å². The van der Waals surface area contributed by atoms with Gasteiger partial charge in [0.2, 0.25) is 0 Å². The Morgan fingerprint density at radius 3 is 2.55 bits per heavy atom. The third-order valence-electron chi connectivity index (χ3n) is 4.48. The van der Waals surface area contributed by atoms with Gasteiger partial charge in [-0.05, 0) is 25.0 Å². The summed E-state index contributed by atoms with van der Waals surface area (Å²) < 4.78 is 41.7. The standard InChI is InChI=1S/C16H17F3N2O/c17-16(18,19)11-6-2-4-8-13(11)21-12-7-3-1-5-10(12)9-14(21)15(20)22/h1,3,5,7,9,11,13H,2,4,6,8H2,(H2,20,22). The van der Waals surface area contributed by atoms with E-state index in [9.17, 15) is 18.0 Å². The first-order chi connectivity index (χ1) is 10.4. The highest BCUT2D eigenvalue weighted by molar-refractivity contribution is 5.97. The Labute approximate surface area is 125 Å². The second-order valence-electron chi connectivity index (χ2n) is 5.82. The summed E-state index contributed by atoms with van der Waals surface area (Å²) in [5.74, 6) is -2.13. The van der Waals surface area contributed by atoms with Gasteiger partial charge in [0.25, 0.3) is 5.91 Å². The predicted molar refractivity (Wildman–Crippen MR) is 77.5 cm³/mol. The first-order valence-electron chi connectivity index (χ1n) is 7.36. The van der Waals surface area contributed by atoms with Crippen LogP contribution in [0.15, 0.2) is 30.3 Å². The lowest BCUT2D eigenvalue weighted by atomic mass is 9.83. The minimum atomic E-state index is -4.27. The molecule has 118 valence electrons. The number of halogens is 3. The fraction of sp³-hybridized carbons (Fsp3) is 0.438. The largest absolute Gasteiger partial charge is 0.393 e. The molecule has 3 rings (SSSR count). The van der Waals surface area contributed by atoms with Crippen LogP contribution >= 0.6 is 0 Å². The fourth-order valence-electron chi connectivity index (χ4n) is 3.52. The normalized spacial score (nSPS) is 22.9. The van der Waals surface area contributed by atoms with Crippen molar-refractivity contribution in [3.8, 4) is 0 Å². The molecule has 1 amide bonds. The van der Waals surface area contributed by atoms with Crippen molar-refractivity contribution in [2.45, 2.75) is 37.9 Å². The molecule has 2 N–H and O–H groups in total. The molecule has 0 spiro atoms. The lowest BCUT2D eigenvalue weighted by Gasteiger charge is -2.35. The first-order valence-corrected chi connectivity index (χ1v) is 7.36. The van der Waals surface area contributed by atoms with E-state index in [1.165, 1.54) is 4.57 Å². The van der Waals surface area contributed by atoms with E-state index in [0.29, 0.717) is 18.4 Å². The summed E-state index contributed by atoms with van der Waals surface area (Å²) >= 11 is 0. The summed E-state index contributed by atoms with van der Waals surface area (Å²) in [6.45, 7) is 0. The number of aromatic nitrogens is 1. The van der Waals surface area contributed by atoms with Crippen LogP contribution in [-0.2, 0) is 0 Å². The van der Waals surface area contributed by atoms with Gasteiger partial charge in [0.15, 0.2) is 0 Å². The van der Waals surface area contributed by atoms with Gasteiger partial charge in [0, 0.05) is 16.9 Å². The van der Waals surface area contributed by atoms with E-state index in [1.54, 1.807) is 30.3 Å². The number of para-hydroxylation sites is 1. The molecular weight excluding hydrogens is 293 g/mol. The maximum atomic E-state index is 13.4. The van der Waals surface area contributed by atoms with Crippen LogP contribution in [0.25, 0.3) is 10.9 Å². The van der Waals surface area contributed by atoms with E-state index >= 15 is 0 Å². The van der Waals surface area contributed by atoms with Crippen molar-refractivity contribution in [3.05, 3.63) is 36.0 Å². The average molecular weight is 310 g/mol. The number of nitrogens with zero attached hydrogens (tertiary/aromatic N) is 1. The number of amides is 1. The monoisotopic (exact) mass is 310 g/mol. The van der Waals surface area contributed by atoms with Gasteiger partial charge in [-0.25, -0.2) is 0 Å². The molecule has 22 heavy (non-hydrogen) atoms. The summed E-state index contributed by atoms with van der Waals surface area (Å²) in [6.07, 6.45) is -2.48. The van der Waals surface area contributed by atoms with Crippen molar-refractivity contribution < 1.29 is 18.0 Å². The molecule has 2 aromatic rings. The van der Waals surface area contributed by atoms with Gasteiger partial charge in [-0.3, -0.25) is 4.79 Å². The quantitative estimate of drug-likeness (QED) is 0.894. The van der Waals surface area contributed by atoms with Crippen molar-refractivity contribution in [2.75, 3.05) is 0 Å². The molecule has 1 heterocycles. The Balaban J connectivity index is 2.18. The number of rotatable bonds is 2. The van der Waals surface area contributed by atoms with Gasteiger partial charge < -0.3 is 10.3 Å². The molecule has 1 aromatic heterocycles. The third-order valence-corrected chi connectivity index (χ3v) is 4.48. The van der Waals surface area contributed by atoms with E-state index in [-0.39, 0.29) is 12.1 Å². The summed E-state index contributed by atoms with van der Waals surface area (Å²) in [5, 5.41) is 0.739. The van der Waals surface area contributed by atoms with Crippen molar-refractivity contribution in [1.29, 1.82) is 0 Å². The molecule has 2 unspecified atom stereocenters. The molecule has 0 saturated heterocycles. The van der Waals surface area contributed by atoms with E-state index in [1.807, 2.05) is 0 Å². The highest BCUT2D eigenvalue weighted by Crippen LogP contribution is 2.45. The molecule has 1 aliphatic rings. The summed E-state index contributed by atoms with van der Waals surface area (Å²) in [6, 6.07) is 7.89. The van der Waals surface area contributed by atoms with Crippen molar-refractivity contribution in [3.63, 3.8) is 0 Å². The Morgan fingerprint density at radius 1 is 1.18 bits per heavy atom. The van der Waals surface area contributed by atoms with E-state index in [2.05, 4.69) is 0 Å². The number of hydrogen-bond acceptors (Lipinski definition) is 1. The molecule has 6 heteroatoms. The van der Waals surface area contributed by atoms with Crippen LogP contribution in [-0.4, -0.2) is 16.7 Å². The summed E-state index contributed by atoms with van der Waals surface area (Å²) in [7, 11) is 0. The lowest BCUT2D eigenvalue weighted by Crippen LogP contribution is -2.36. The number of carbonyl (C=O) groups is 1. The van der Waals surface area contributed by atoms with E-state index in [0.717, 1.165) is 11.8 Å². The molecule has 1 aliphatic carbocycles. The topological polar surface area (TPSA) is 48.0 Å². The smallest absolute Gasteiger partial charge is 0.364 e. The molecule has 0 bridgehead atoms. The molecule has 1 saturated carbocycles. The van der Waals surface area contributed by atoms with Gasteiger partial charge >= 0.3 is 6.18 Å². The number of fused-ring (bicyclic) bond motifs is 1. The summed E-state index contributed by atoms with van der Waals surface area (Å²) in [5.41, 5.74) is 6.19. The van der Waals surface area contributed by atoms with Gasteiger partial charge in [-0.1, -0.05) is 31.0 Å². The average Bonchev–Trinajstić information content (AvgIpc) is 2.86. The molecule has 1 aromatic carbocycles. The van der Waals surface area contributed by atoms with Gasteiger partial charge in [0.1, 0.15) is 5.69 Å². The van der Waals surface area contributed by atoms with Crippen molar-refractivity contribution in [1.82, 2.24) is 4.57 Å². The predicted octanol–water partition coefficient (Wildman–Crippen LogP) is 4.03. The highest BCUT2D eigenvalue weighted by atomic mass is 19.4. The number of hydrogen-bond donors (Lipinski definition) is 1. The van der Waals surface area contributed by atoms with Gasteiger partial charge in [0.05, 0.1) is 5.92 Å². The maximum absolute atomic E-state index is 13.4. The molecule has 2 atom stereocenters. The molecule has 0 radical (unpaired) electrons. The van der Waals surface area contributed by atoms with Crippen LogP contribution < -0.4 is 5.73 Å². The molecule has 1 fully saturated rings. The Bertz CT molecular complexity index is 705. The second-order valence-corrected chi connectivity index (χ2v) is 5.82. The summed E-state index contributed by atoms with van der Waals surface area (Å²) in [4.78, 5) is 11.7. The van der Waals surface area contributed by atoms with Crippen molar-refractivity contribution >= 4 is 16.8 Å². The third kappa shape index (κ3) is 2.46. The van der Waals surface area contributed by atoms with Crippen LogP contribution in [0.2, 0.25) is 0 Å². The zero-order valence-electron chi connectivity index (χ0n) is 11.9. The minimum Gasteiger partial charge on any atom is -0.364 e. The number of nitrogens with two attached hydrogens (primary N) is 1. The van der Waals surface area contributed by atoms with E-state index in [4.69, 9.17) is 5.73 Å². The highest BCUT2D eigenvalue weighted by Gasteiger charge is 2.47. The van der Waals surface area contributed by atoms with Crippen LogP contribution in [0.1, 0.15) is 42.2 Å². The SMILES string of the molecule is NC(=O)c1cc2ccccc2n1C1CCCCC1C(F)(F)F. The lowest BCUT2D eigenvalue weighted by molar-refractivity contribution is -0.193. The van der Waals surface area contributed by atoms with E-state index < -0.39 is 24.0 Å². The molecular formula is C16H17F3N2O. The van der Waals surface area contributed by atoms with Gasteiger partial charge in [-0.15, -0.1) is 0 Å². The Morgan fingerprint density at radius 2 is 1.86 bits per heavy atom. The molecule has 3 nitrogen and oxygen atoms in total. The van der Waals surface area contributed by atoms with Gasteiger partial charge in [-0.2, -0.15) is 13.2 Å². The maximum Gasteiger partial charge on any atom is 0.393 e. The number of carbonyl (C=O) groups excluding carboxylic acids is 1. The minimum absolute atomic E-state index is 0.0961. The number of alkyl halides is 3. The van der Waals surface area contributed by atoms with Crippen LogP contribution in [0.5, 0.6) is 0 Å². The number of primary amides is 1. The zero-order chi connectivity index (χ0) is 15.9. The Kier molecular flexibility index (Phi) is 3.62. The van der Waals surface area contributed by atoms with Crippen LogP contribution in [0, 0.1) is 5.92 Å². The zero-order valence-corrected chi connectivity index (χ0v) is 11.9. The second kappa shape index (κ2) is 5.34. The van der Waals surface area contributed by atoms with Crippen LogP contribution in [0.4, 0.5) is 13.2 Å². The van der Waals surface area contributed by atoms with Crippen molar-refractivity contribution in [2.24, 2.45) is 11.7 Å². The Hall–Kier alpha value is -1.98.